The summed E-state index contributed by atoms with van der Waals surface area (Å²) in [5, 5.41) is 0. The molecule has 0 amide bonds. The molecule has 38 heavy (non-hydrogen) atoms. The van der Waals surface area contributed by atoms with E-state index in [4.69, 9.17) is 4.74 Å². The lowest BCUT2D eigenvalue weighted by atomic mass is 9.88. The normalized spacial score (nSPS) is 23.0. The average Bonchev–Trinajstić information content (AvgIpc) is 3.04. The summed E-state index contributed by atoms with van der Waals surface area (Å²) in [6.45, 7) is 6.26. The molecular formula is C29H37FN4O3S. The Labute approximate surface area is 224 Å². The second kappa shape index (κ2) is 10.3. The first kappa shape index (κ1) is 25.9. The average molecular weight is 541 g/mol. The van der Waals surface area contributed by atoms with Gasteiger partial charge in [0.15, 0.2) is 15.7 Å². The monoisotopic (exact) mass is 540 g/mol. The van der Waals surface area contributed by atoms with E-state index in [1.54, 1.807) is 30.3 Å². The fourth-order valence-corrected chi connectivity index (χ4v) is 7.11. The summed E-state index contributed by atoms with van der Waals surface area (Å²) in [6.07, 6.45) is 7.01. The largest absolute Gasteiger partial charge is 0.378 e. The van der Waals surface area contributed by atoms with Crippen LogP contribution in [0.2, 0.25) is 0 Å². The van der Waals surface area contributed by atoms with Crippen molar-refractivity contribution in [3.63, 3.8) is 0 Å². The summed E-state index contributed by atoms with van der Waals surface area (Å²) < 4.78 is 46.3. The molecule has 3 aliphatic heterocycles. The third-order valence-corrected chi connectivity index (χ3v) is 10.0. The van der Waals surface area contributed by atoms with Crippen molar-refractivity contribution in [3.05, 3.63) is 47.8 Å². The molecule has 4 heterocycles. The number of nitrogens with zero attached hydrogens (tertiary/aromatic N) is 4. The van der Waals surface area contributed by atoms with Crippen molar-refractivity contribution in [2.75, 3.05) is 45.6 Å². The van der Waals surface area contributed by atoms with Gasteiger partial charge in [0, 0.05) is 31.5 Å². The van der Waals surface area contributed by atoms with Gasteiger partial charge < -0.3 is 14.2 Å². The molecule has 3 aromatic rings. The van der Waals surface area contributed by atoms with E-state index in [1.165, 1.54) is 38.6 Å². The molecule has 0 bridgehead atoms. The van der Waals surface area contributed by atoms with Gasteiger partial charge in [0.25, 0.3) is 0 Å². The number of aryl methyl sites for hydroxylation is 1. The summed E-state index contributed by atoms with van der Waals surface area (Å²) in [4.78, 5) is 10.1. The number of sulfone groups is 1. The second-order valence-electron chi connectivity index (χ2n) is 11.3. The Morgan fingerprint density at radius 2 is 1.61 bits per heavy atom. The maximum Gasteiger partial charge on any atom is 0.175 e. The fourth-order valence-electron chi connectivity index (χ4n) is 6.47. The predicted molar refractivity (Wildman–Crippen MR) is 147 cm³/mol. The summed E-state index contributed by atoms with van der Waals surface area (Å²) >= 11 is 0. The number of halogens is 1. The van der Waals surface area contributed by atoms with Crippen LogP contribution in [0.4, 0.5) is 4.39 Å². The minimum atomic E-state index is -3.28. The first-order valence-corrected chi connectivity index (χ1v) is 15.7. The van der Waals surface area contributed by atoms with E-state index in [-0.39, 0.29) is 10.7 Å². The SMILES string of the molecule is Cn1c(-c2ccc(S(C)(=O)=O)cc2)nc2c(F)cc(C3CCN(C4CCCN(C5COC5)CC4)CC3)cc21. The zero-order chi connectivity index (χ0) is 26.4. The van der Waals surface area contributed by atoms with Crippen LogP contribution in [0.3, 0.4) is 0 Å². The van der Waals surface area contributed by atoms with E-state index >= 15 is 4.39 Å². The Morgan fingerprint density at radius 3 is 2.26 bits per heavy atom. The summed E-state index contributed by atoms with van der Waals surface area (Å²) in [5.41, 5.74) is 2.94. The van der Waals surface area contributed by atoms with Crippen LogP contribution in [0.1, 0.15) is 43.6 Å². The standard InChI is InChI=1S/C29H37FN4O3S/c1-32-27-17-22(16-26(30)28(27)31-29(32)21-5-7-25(8-6-21)38(2,35)36)20-9-13-34(14-10-20)23-4-3-12-33(15-11-23)24-18-37-19-24/h5-8,16-17,20,23-24H,3-4,9-15,18-19H2,1-2H3. The lowest BCUT2D eigenvalue weighted by Crippen LogP contribution is -2.49. The van der Waals surface area contributed by atoms with Crippen molar-refractivity contribution in [1.29, 1.82) is 0 Å². The highest BCUT2D eigenvalue weighted by Gasteiger charge is 2.32. The molecule has 1 atom stereocenters. The molecule has 0 N–H and O–H groups in total. The highest BCUT2D eigenvalue weighted by molar-refractivity contribution is 7.90. The number of ether oxygens (including phenoxy) is 1. The lowest BCUT2D eigenvalue weighted by Gasteiger charge is -2.38. The van der Waals surface area contributed by atoms with Crippen LogP contribution in [0.15, 0.2) is 41.3 Å². The maximum atomic E-state index is 15.3. The van der Waals surface area contributed by atoms with Crippen molar-refractivity contribution in [2.45, 2.75) is 55.0 Å². The van der Waals surface area contributed by atoms with Gasteiger partial charge >= 0.3 is 0 Å². The second-order valence-corrected chi connectivity index (χ2v) is 13.3. The molecule has 7 nitrogen and oxygen atoms in total. The van der Waals surface area contributed by atoms with Crippen molar-refractivity contribution >= 4 is 20.9 Å². The fraction of sp³-hybridized carbons (Fsp3) is 0.552. The number of piperidine rings is 1. The van der Waals surface area contributed by atoms with Gasteiger partial charge in [0.2, 0.25) is 0 Å². The molecule has 1 unspecified atom stereocenters. The van der Waals surface area contributed by atoms with Gasteiger partial charge in [0.05, 0.1) is 29.7 Å². The van der Waals surface area contributed by atoms with Crippen LogP contribution in [-0.4, -0.2) is 85.5 Å². The number of imidazole rings is 1. The predicted octanol–water partition coefficient (Wildman–Crippen LogP) is 4.22. The van der Waals surface area contributed by atoms with Gasteiger partial charge in [-0.15, -0.1) is 0 Å². The molecule has 3 fully saturated rings. The molecular weight excluding hydrogens is 503 g/mol. The van der Waals surface area contributed by atoms with E-state index in [1.807, 2.05) is 11.6 Å². The van der Waals surface area contributed by atoms with Gasteiger partial charge in [-0.1, -0.05) is 0 Å². The van der Waals surface area contributed by atoms with E-state index in [9.17, 15) is 8.42 Å². The molecule has 0 aliphatic carbocycles. The Morgan fingerprint density at radius 1 is 0.921 bits per heavy atom. The molecule has 6 rings (SSSR count). The van der Waals surface area contributed by atoms with Gasteiger partial charge in [-0.2, -0.15) is 0 Å². The highest BCUT2D eigenvalue weighted by Crippen LogP contribution is 2.35. The van der Waals surface area contributed by atoms with Crippen LogP contribution >= 0.6 is 0 Å². The zero-order valence-corrected chi connectivity index (χ0v) is 23.1. The first-order valence-electron chi connectivity index (χ1n) is 13.8. The van der Waals surface area contributed by atoms with Crippen molar-refractivity contribution in [3.8, 4) is 11.4 Å². The first-order chi connectivity index (χ1) is 18.3. The Hall–Kier alpha value is -2.33. The lowest BCUT2D eigenvalue weighted by molar-refractivity contribution is -0.0641. The number of fused-ring (bicyclic) bond motifs is 1. The van der Waals surface area contributed by atoms with Gasteiger partial charge in [-0.05, 0) is 99.6 Å². The van der Waals surface area contributed by atoms with Gasteiger partial charge in [-0.3, -0.25) is 4.90 Å². The Balaban J connectivity index is 1.16. The Kier molecular flexibility index (Phi) is 7.05. The molecule has 9 heteroatoms. The maximum absolute atomic E-state index is 15.3. The molecule has 2 aromatic carbocycles. The van der Waals surface area contributed by atoms with Crippen molar-refractivity contribution in [2.24, 2.45) is 7.05 Å². The number of likely N-dealkylation sites (tertiary alicyclic amines) is 2. The quantitative estimate of drug-likeness (QED) is 0.483. The van der Waals surface area contributed by atoms with Crippen molar-refractivity contribution < 1.29 is 17.5 Å². The highest BCUT2D eigenvalue weighted by atomic mass is 32.2. The Bertz CT molecular complexity index is 1410. The minimum Gasteiger partial charge on any atom is -0.378 e. The molecule has 3 aliphatic rings. The third kappa shape index (κ3) is 5.01. The molecule has 3 saturated heterocycles. The summed E-state index contributed by atoms with van der Waals surface area (Å²) in [5.74, 6) is 0.673. The van der Waals surface area contributed by atoms with Gasteiger partial charge in [-0.25, -0.2) is 17.8 Å². The van der Waals surface area contributed by atoms with E-state index in [0.717, 1.165) is 55.8 Å². The summed E-state index contributed by atoms with van der Waals surface area (Å²) in [7, 11) is -1.38. The van der Waals surface area contributed by atoms with E-state index in [2.05, 4.69) is 20.9 Å². The van der Waals surface area contributed by atoms with Gasteiger partial charge in [0.1, 0.15) is 11.3 Å². The van der Waals surface area contributed by atoms with Crippen molar-refractivity contribution in [1.82, 2.24) is 19.4 Å². The van der Waals surface area contributed by atoms with Crippen LogP contribution in [0.5, 0.6) is 0 Å². The summed E-state index contributed by atoms with van der Waals surface area (Å²) in [6, 6.07) is 11.7. The number of hydrogen-bond acceptors (Lipinski definition) is 6. The van der Waals surface area contributed by atoms with E-state index in [0.29, 0.717) is 29.3 Å². The molecule has 0 radical (unpaired) electrons. The van der Waals surface area contributed by atoms with Crippen LogP contribution in [-0.2, 0) is 21.6 Å². The van der Waals surface area contributed by atoms with Crippen LogP contribution in [0, 0.1) is 5.82 Å². The molecule has 1 aromatic heterocycles. The molecule has 0 spiro atoms. The zero-order valence-electron chi connectivity index (χ0n) is 22.3. The molecule has 0 saturated carbocycles. The third-order valence-electron chi connectivity index (χ3n) is 8.89. The molecule has 204 valence electrons. The van der Waals surface area contributed by atoms with E-state index < -0.39 is 9.84 Å². The number of rotatable bonds is 5. The number of hydrogen-bond donors (Lipinski definition) is 0. The number of aromatic nitrogens is 2. The smallest absolute Gasteiger partial charge is 0.175 e. The number of benzene rings is 2. The van der Waals surface area contributed by atoms with Crippen LogP contribution < -0.4 is 0 Å². The minimum absolute atomic E-state index is 0.258. The van der Waals surface area contributed by atoms with Crippen LogP contribution in [0.25, 0.3) is 22.4 Å². The topological polar surface area (TPSA) is 67.7 Å².